The molecule has 0 unspecified atom stereocenters. The van der Waals surface area contributed by atoms with Crippen LogP contribution in [0.3, 0.4) is 0 Å². The van der Waals surface area contributed by atoms with Crippen molar-refractivity contribution in [1.82, 2.24) is 4.98 Å². The fourth-order valence-corrected chi connectivity index (χ4v) is 2.03. The highest BCUT2D eigenvalue weighted by Gasteiger charge is 1.98. The fourth-order valence-electron chi connectivity index (χ4n) is 2.03. The van der Waals surface area contributed by atoms with Crippen LogP contribution in [0, 0.1) is 0 Å². The predicted octanol–water partition coefficient (Wildman–Crippen LogP) is 3.49. The Balaban J connectivity index is 1.76. The Kier molecular flexibility index (Phi) is 2.65. The first-order valence-corrected chi connectivity index (χ1v) is 5.90. The lowest BCUT2D eigenvalue weighted by molar-refractivity contribution is 0.474. The topological polar surface area (TPSA) is 48.0 Å². The van der Waals surface area contributed by atoms with E-state index in [0.29, 0.717) is 12.3 Å². The minimum absolute atomic E-state index is 0.301. The number of hydrogen-bond donors (Lipinski definition) is 3. The van der Waals surface area contributed by atoms with Gasteiger partial charge in [-0.25, -0.2) is 0 Å². The molecule has 0 radical (unpaired) electrons. The average molecular weight is 238 g/mol. The van der Waals surface area contributed by atoms with Crippen LogP contribution in [-0.4, -0.2) is 10.1 Å². The van der Waals surface area contributed by atoms with Gasteiger partial charge in [-0.2, -0.15) is 0 Å². The van der Waals surface area contributed by atoms with Gasteiger partial charge in [0.25, 0.3) is 0 Å². The number of phenolic OH excluding ortho intramolecular Hbond substituents is 1. The smallest absolute Gasteiger partial charge is 0.115 e. The van der Waals surface area contributed by atoms with Crippen molar-refractivity contribution in [2.24, 2.45) is 0 Å². The van der Waals surface area contributed by atoms with Crippen LogP contribution in [0.5, 0.6) is 5.75 Å². The summed E-state index contributed by atoms with van der Waals surface area (Å²) in [6, 6.07) is 15.5. The van der Waals surface area contributed by atoms with Gasteiger partial charge in [0.1, 0.15) is 5.75 Å². The number of nitrogens with one attached hydrogen (secondary N) is 2. The molecular formula is C15H14N2O. The predicted molar refractivity (Wildman–Crippen MR) is 73.7 cm³/mol. The first-order valence-electron chi connectivity index (χ1n) is 5.90. The van der Waals surface area contributed by atoms with Crippen molar-refractivity contribution < 1.29 is 5.11 Å². The summed E-state index contributed by atoms with van der Waals surface area (Å²) in [5, 5.41) is 13.9. The highest BCUT2D eigenvalue weighted by Crippen LogP contribution is 2.19. The van der Waals surface area contributed by atoms with Gasteiger partial charge in [0.2, 0.25) is 0 Å². The van der Waals surface area contributed by atoms with Gasteiger partial charge in [0.15, 0.2) is 0 Å². The molecule has 0 spiro atoms. The summed E-state index contributed by atoms with van der Waals surface area (Å²) in [4.78, 5) is 3.17. The molecule has 0 saturated heterocycles. The Morgan fingerprint density at radius 3 is 2.89 bits per heavy atom. The summed E-state index contributed by atoms with van der Waals surface area (Å²) in [6.07, 6.45) is 1.93. The van der Waals surface area contributed by atoms with Crippen molar-refractivity contribution in [3.8, 4) is 5.75 Å². The Morgan fingerprint density at radius 1 is 1.06 bits per heavy atom. The van der Waals surface area contributed by atoms with Crippen LogP contribution < -0.4 is 5.32 Å². The minimum atomic E-state index is 0.301. The Morgan fingerprint density at radius 2 is 2.00 bits per heavy atom. The second-order valence-electron chi connectivity index (χ2n) is 4.30. The number of phenols is 1. The number of anilines is 1. The summed E-state index contributed by atoms with van der Waals surface area (Å²) >= 11 is 0. The molecule has 1 heterocycles. The van der Waals surface area contributed by atoms with Gasteiger partial charge >= 0.3 is 0 Å². The van der Waals surface area contributed by atoms with E-state index in [1.807, 2.05) is 24.4 Å². The summed E-state index contributed by atoms with van der Waals surface area (Å²) in [5.74, 6) is 0.301. The lowest BCUT2D eigenvalue weighted by atomic mass is 10.2. The van der Waals surface area contributed by atoms with Gasteiger partial charge in [0, 0.05) is 29.3 Å². The molecule has 18 heavy (non-hydrogen) atoms. The van der Waals surface area contributed by atoms with Crippen LogP contribution in [0.2, 0.25) is 0 Å². The van der Waals surface area contributed by atoms with Gasteiger partial charge in [-0.3, -0.25) is 0 Å². The molecule has 0 aliphatic heterocycles. The van der Waals surface area contributed by atoms with E-state index in [1.165, 1.54) is 5.39 Å². The van der Waals surface area contributed by atoms with Crippen molar-refractivity contribution >= 4 is 16.6 Å². The van der Waals surface area contributed by atoms with Gasteiger partial charge in [-0.15, -0.1) is 0 Å². The second kappa shape index (κ2) is 4.45. The molecule has 0 aliphatic rings. The third-order valence-corrected chi connectivity index (χ3v) is 2.96. The number of aromatic nitrogens is 1. The van der Waals surface area contributed by atoms with Crippen LogP contribution in [0.25, 0.3) is 10.9 Å². The third-order valence-electron chi connectivity index (χ3n) is 2.96. The monoisotopic (exact) mass is 238 g/mol. The van der Waals surface area contributed by atoms with E-state index in [1.54, 1.807) is 12.1 Å². The van der Waals surface area contributed by atoms with Gasteiger partial charge in [0.05, 0.1) is 0 Å². The van der Waals surface area contributed by atoms with Crippen molar-refractivity contribution in [2.45, 2.75) is 6.54 Å². The van der Waals surface area contributed by atoms with Gasteiger partial charge in [-0.1, -0.05) is 12.1 Å². The number of H-pyrrole nitrogens is 1. The first kappa shape index (κ1) is 10.7. The summed E-state index contributed by atoms with van der Waals surface area (Å²) < 4.78 is 0. The standard InChI is InChI=1S/C15H14N2O/c18-14-3-1-2-11(8-14)10-17-13-4-5-15-12(9-13)6-7-16-15/h1-9,16-18H,10H2. The highest BCUT2D eigenvalue weighted by molar-refractivity contribution is 5.82. The van der Waals surface area contributed by atoms with E-state index < -0.39 is 0 Å². The van der Waals surface area contributed by atoms with Gasteiger partial charge in [-0.05, 0) is 42.0 Å². The zero-order valence-corrected chi connectivity index (χ0v) is 9.85. The fraction of sp³-hybridized carbons (Fsp3) is 0.0667. The zero-order chi connectivity index (χ0) is 12.4. The number of rotatable bonds is 3. The molecule has 0 saturated carbocycles. The van der Waals surface area contributed by atoms with Crippen LogP contribution in [-0.2, 0) is 6.54 Å². The van der Waals surface area contributed by atoms with E-state index >= 15 is 0 Å². The van der Waals surface area contributed by atoms with Crippen molar-refractivity contribution in [3.63, 3.8) is 0 Å². The average Bonchev–Trinajstić information content (AvgIpc) is 2.84. The summed E-state index contributed by atoms with van der Waals surface area (Å²) in [5.41, 5.74) is 3.27. The zero-order valence-electron chi connectivity index (χ0n) is 9.85. The second-order valence-corrected chi connectivity index (χ2v) is 4.30. The van der Waals surface area contributed by atoms with Crippen molar-refractivity contribution in [1.29, 1.82) is 0 Å². The van der Waals surface area contributed by atoms with E-state index in [0.717, 1.165) is 16.8 Å². The molecule has 0 bridgehead atoms. The molecule has 0 amide bonds. The van der Waals surface area contributed by atoms with E-state index in [-0.39, 0.29) is 0 Å². The molecule has 3 nitrogen and oxygen atoms in total. The molecule has 3 heteroatoms. The van der Waals surface area contributed by atoms with Crippen LogP contribution >= 0.6 is 0 Å². The number of benzene rings is 2. The van der Waals surface area contributed by atoms with Crippen LogP contribution in [0.4, 0.5) is 5.69 Å². The number of aromatic amines is 1. The van der Waals surface area contributed by atoms with E-state index in [4.69, 9.17) is 0 Å². The lowest BCUT2D eigenvalue weighted by Gasteiger charge is -2.07. The third kappa shape index (κ3) is 2.15. The molecule has 0 atom stereocenters. The summed E-state index contributed by atoms with van der Waals surface area (Å²) in [6.45, 7) is 0.699. The Hall–Kier alpha value is -2.42. The normalized spacial score (nSPS) is 10.7. The van der Waals surface area contributed by atoms with Crippen molar-refractivity contribution in [2.75, 3.05) is 5.32 Å². The SMILES string of the molecule is Oc1cccc(CNc2ccc3[nH]ccc3c2)c1. The van der Waals surface area contributed by atoms with Crippen LogP contribution in [0.15, 0.2) is 54.7 Å². The number of hydrogen-bond acceptors (Lipinski definition) is 2. The maximum atomic E-state index is 9.39. The van der Waals surface area contributed by atoms with E-state index in [9.17, 15) is 5.11 Å². The first-order chi connectivity index (χ1) is 8.81. The van der Waals surface area contributed by atoms with E-state index in [2.05, 4.69) is 28.5 Å². The molecule has 3 N–H and O–H groups in total. The largest absolute Gasteiger partial charge is 0.508 e. The highest BCUT2D eigenvalue weighted by atomic mass is 16.3. The minimum Gasteiger partial charge on any atom is -0.508 e. The maximum absolute atomic E-state index is 9.39. The van der Waals surface area contributed by atoms with Crippen molar-refractivity contribution in [3.05, 3.63) is 60.3 Å². The lowest BCUT2D eigenvalue weighted by Crippen LogP contribution is -1.98. The molecule has 1 aromatic heterocycles. The molecule has 0 aliphatic carbocycles. The molecular weight excluding hydrogens is 224 g/mol. The number of aromatic hydroxyl groups is 1. The maximum Gasteiger partial charge on any atom is 0.115 e. The molecule has 3 aromatic rings. The quantitative estimate of drug-likeness (QED) is 0.654. The Labute approximate surface area is 105 Å². The molecule has 2 aromatic carbocycles. The number of fused-ring (bicyclic) bond motifs is 1. The van der Waals surface area contributed by atoms with Crippen LogP contribution in [0.1, 0.15) is 5.56 Å². The van der Waals surface area contributed by atoms with Gasteiger partial charge < -0.3 is 15.4 Å². The molecule has 90 valence electrons. The molecule has 0 fully saturated rings. The summed E-state index contributed by atoms with van der Waals surface area (Å²) in [7, 11) is 0. The molecule has 3 rings (SSSR count). The Bertz CT molecular complexity index is 673.